The van der Waals surface area contributed by atoms with E-state index in [2.05, 4.69) is 10.1 Å². The van der Waals surface area contributed by atoms with Gasteiger partial charge in [-0.2, -0.15) is 4.98 Å². The first-order chi connectivity index (χ1) is 13.0. The zero-order valence-corrected chi connectivity index (χ0v) is 15.4. The number of rotatable bonds is 7. The number of benzene rings is 1. The summed E-state index contributed by atoms with van der Waals surface area (Å²) in [4.78, 5) is 29.4. The Balaban J connectivity index is 1.55. The fourth-order valence-electron chi connectivity index (χ4n) is 3.20. The molecule has 0 bridgehead atoms. The van der Waals surface area contributed by atoms with Gasteiger partial charge >= 0.3 is 5.97 Å². The normalized spacial score (nSPS) is 19.3. The molecule has 8 nitrogen and oxygen atoms in total. The van der Waals surface area contributed by atoms with Gasteiger partial charge in [-0.15, -0.1) is 0 Å². The van der Waals surface area contributed by atoms with Gasteiger partial charge in [-0.05, 0) is 37.1 Å². The second kappa shape index (κ2) is 8.20. The van der Waals surface area contributed by atoms with Crippen LogP contribution in [0.4, 0.5) is 0 Å². The molecule has 1 aliphatic rings. The maximum atomic E-state index is 12.3. The number of ether oxygens (including phenoxy) is 1. The lowest BCUT2D eigenvalue weighted by Crippen LogP contribution is -2.30. The van der Waals surface area contributed by atoms with Crippen molar-refractivity contribution in [2.24, 2.45) is 11.8 Å². The third-order valence-electron chi connectivity index (χ3n) is 4.73. The van der Waals surface area contributed by atoms with Gasteiger partial charge < -0.3 is 19.3 Å². The van der Waals surface area contributed by atoms with Crippen LogP contribution < -0.4 is 4.74 Å². The van der Waals surface area contributed by atoms with Gasteiger partial charge in [0.15, 0.2) is 0 Å². The van der Waals surface area contributed by atoms with E-state index in [0.29, 0.717) is 31.3 Å². The molecule has 1 saturated heterocycles. The predicted molar refractivity (Wildman–Crippen MR) is 96.1 cm³/mol. The molecule has 0 unspecified atom stereocenters. The van der Waals surface area contributed by atoms with Gasteiger partial charge in [0.2, 0.25) is 17.6 Å². The van der Waals surface area contributed by atoms with Gasteiger partial charge in [-0.1, -0.05) is 12.1 Å². The lowest BCUT2D eigenvalue weighted by molar-refractivity contribution is -0.142. The number of aliphatic carboxylic acids is 1. The first kappa shape index (κ1) is 18.9. The minimum absolute atomic E-state index is 0.0406. The number of carboxylic acid groups (broad SMARTS) is 1. The van der Waals surface area contributed by atoms with Crippen LogP contribution in [0.2, 0.25) is 0 Å². The smallest absolute Gasteiger partial charge is 0.308 e. The molecule has 144 valence electrons. The van der Waals surface area contributed by atoms with E-state index in [9.17, 15) is 14.7 Å². The Morgan fingerprint density at radius 2 is 2.04 bits per heavy atom. The highest BCUT2D eigenvalue weighted by molar-refractivity contribution is 5.79. The number of carbonyl (C=O) groups excluding carboxylic acids is 1. The molecule has 8 heteroatoms. The summed E-state index contributed by atoms with van der Waals surface area (Å²) in [5.41, 5.74) is 0.803. The van der Waals surface area contributed by atoms with Crippen molar-refractivity contribution in [3.05, 3.63) is 30.2 Å². The maximum absolute atomic E-state index is 12.3. The molecule has 1 aliphatic heterocycles. The molecule has 1 aromatic heterocycles. The van der Waals surface area contributed by atoms with Gasteiger partial charge in [0.25, 0.3) is 0 Å². The van der Waals surface area contributed by atoms with Crippen molar-refractivity contribution in [1.29, 1.82) is 0 Å². The van der Waals surface area contributed by atoms with Crippen molar-refractivity contribution in [2.45, 2.75) is 26.7 Å². The summed E-state index contributed by atoms with van der Waals surface area (Å²) in [6, 6.07) is 7.38. The average Bonchev–Trinajstić information content (AvgIpc) is 3.27. The van der Waals surface area contributed by atoms with Crippen LogP contribution in [0.15, 0.2) is 28.8 Å². The van der Waals surface area contributed by atoms with Crippen LogP contribution in [0.25, 0.3) is 11.4 Å². The lowest BCUT2D eigenvalue weighted by atomic mass is 9.99. The number of carboxylic acids is 1. The Kier molecular flexibility index (Phi) is 5.73. The van der Waals surface area contributed by atoms with E-state index in [1.54, 1.807) is 4.90 Å². The minimum atomic E-state index is -0.852. The second-order valence-corrected chi connectivity index (χ2v) is 6.69. The highest BCUT2D eigenvalue weighted by Crippen LogP contribution is 2.24. The Morgan fingerprint density at radius 3 is 2.67 bits per heavy atom. The van der Waals surface area contributed by atoms with Gasteiger partial charge in [0.1, 0.15) is 5.75 Å². The summed E-state index contributed by atoms with van der Waals surface area (Å²) >= 11 is 0. The number of hydrogen-bond acceptors (Lipinski definition) is 6. The van der Waals surface area contributed by atoms with Crippen LogP contribution in [-0.4, -0.2) is 51.7 Å². The Labute approximate surface area is 157 Å². The van der Waals surface area contributed by atoms with Crippen molar-refractivity contribution < 1.29 is 24.0 Å². The van der Waals surface area contributed by atoms with E-state index >= 15 is 0 Å². The van der Waals surface area contributed by atoms with Crippen molar-refractivity contribution in [3.63, 3.8) is 0 Å². The van der Waals surface area contributed by atoms with Crippen LogP contribution >= 0.6 is 0 Å². The van der Waals surface area contributed by atoms with E-state index in [1.165, 1.54) is 0 Å². The third kappa shape index (κ3) is 4.45. The number of aromatic nitrogens is 2. The Hall–Kier alpha value is -2.90. The Bertz CT molecular complexity index is 802. The van der Waals surface area contributed by atoms with Gasteiger partial charge in [-0.25, -0.2) is 0 Å². The molecular formula is C19H23N3O5. The monoisotopic (exact) mass is 373 g/mol. The van der Waals surface area contributed by atoms with Gasteiger partial charge in [-0.3, -0.25) is 9.59 Å². The molecular weight excluding hydrogens is 350 g/mol. The zero-order valence-electron chi connectivity index (χ0n) is 15.4. The molecule has 0 saturated carbocycles. The Morgan fingerprint density at radius 1 is 1.30 bits per heavy atom. The molecule has 1 fully saturated rings. The quantitative estimate of drug-likeness (QED) is 0.793. The lowest BCUT2D eigenvalue weighted by Gasteiger charge is -2.15. The van der Waals surface area contributed by atoms with Crippen molar-refractivity contribution in [3.8, 4) is 17.1 Å². The van der Waals surface area contributed by atoms with Crippen LogP contribution in [0.1, 0.15) is 26.2 Å². The van der Waals surface area contributed by atoms with Gasteiger partial charge in [0.05, 0.1) is 12.5 Å². The van der Waals surface area contributed by atoms with Crippen molar-refractivity contribution in [2.75, 3.05) is 19.7 Å². The second-order valence-electron chi connectivity index (χ2n) is 6.69. The highest BCUT2D eigenvalue weighted by atomic mass is 16.5. The van der Waals surface area contributed by atoms with E-state index in [-0.39, 0.29) is 24.8 Å². The molecule has 1 N–H and O–H groups in total. The molecule has 2 aromatic rings. The first-order valence-corrected chi connectivity index (χ1v) is 9.04. The fourth-order valence-corrected chi connectivity index (χ4v) is 3.20. The third-order valence-corrected chi connectivity index (χ3v) is 4.73. The van der Waals surface area contributed by atoms with Crippen LogP contribution in [0.3, 0.4) is 0 Å². The van der Waals surface area contributed by atoms with E-state index in [0.717, 1.165) is 11.3 Å². The largest absolute Gasteiger partial charge is 0.494 e. The fraction of sp³-hybridized carbons (Fsp3) is 0.474. The SMILES string of the molecule is CCOc1ccc(-c2noc(CCC(=O)N3C[C@@H](C)[C@H](C(=O)O)C3)n2)cc1. The number of carbonyl (C=O) groups is 2. The van der Waals surface area contributed by atoms with E-state index in [1.807, 2.05) is 38.1 Å². The average molecular weight is 373 g/mol. The zero-order chi connectivity index (χ0) is 19.4. The molecule has 1 aromatic carbocycles. The highest BCUT2D eigenvalue weighted by Gasteiger charge is 2.36. The number of aryl methyl sites for hydroxylation is 1. The molecule has 0 aliphatic carbocycles. The van der Waals surface area contributed by atoms with Gasteiger partial charge in [0, 0.05) is 31.5 Å². The number of hydrogen-bond donors (Lipinski definition) is 1. The summed E-state index contributed by atoms with van der Waals surface area (Å²) in [5, 5.41) is 13.1. The molecule has 0 radical (unpaired) electrons. The molecule has 27 heavy (non-hydrogen) atoms. The summed E-state index contributed by atoms with van der Waals surface area (Å²) in [6.07, 6.45) is 0.537. The first-order valence-electron chi connectivity index (χ1n) is 9.04. The molecule has 2 heterocycles. The predicted octanol–water partition coefficient (Wildman–Crippen LogP) is 2.25. The van der Waals surface area contributed by atoms with Crippen LogP contribution in [0.5, 0.6) is 5.75 Å². The summed E-state index contributed by atoms with van der Waals surface area (Å²) in [5.74, 6) is 0.136. The summed E-state index contributed by atoms with van der Waals surface area (Å²) in [7, 11) is 0. The standard InChI is InChI=1S/C19H23N3O5/c1-3-26-14-6-4-13(5-7-14)18-20-16(27-21-18)8-9-17(23)22-10-12(2)15(11-22)19(24)25/h4-7,12,15H,3,8-11H2,1-2H3,(H,24,25)/t12-,15-/m1/s1. The van der Waals surface area contributed by atoms with Crippen molar-refractivity contribution >= 4 is 11.9 Å². The van der Waals surface area contributed by atoms with E-state index in [4.69, 9.17) is 9.26 Å². The maximum Gasteiger partial charge on any atom is 0.308 e. The summed E-state index contributed by atoms with van der Waals surface area (Å²) in [6.45, 7) is 5.11. The topological polar surface area (TPSA) is 106 Å². The molecule has 0 spiro atoms. The number of amides is 1. The molecule has 1 amide bonds. The van der Waals surface area contributed by atoms with Crippen molar-refractivity contribution in [1.82, 2.24) is 15.0 Å². The van der Waals surface area contributed by atoms with Crippen LogP contribution in [-0.2, 0) is 16.0 Å². The summed E-state index contributed by atoms with van der Waals surface area (Å²) < 4.78 is 10.6. The van der Waals surface area contributed by atoms with Crippen LogP contribution in [0, 0.1) is 11.8 Å². The molecule has 3 rings (SSSR count). The molecule has 2 atom stereocenters. The minimum Gasteiger partial charge on any atom is -0.494 e. The van der Waals surface area contributed by atoms with E-state index < -0.39 is 11.9 Å². The number of nitrogens with zero attached hydrogens (tertiary/aromatic N) is 3. The number of likely N-dealkylation sites (tertiary alicyclic amines) is 1.